The van der Waals surface area contributed by atoms with E-state index in [9.17, 15) is 15.2 Å². The van der Waals surface area contributed by atoms with Gasteiger partial charge in [0, 0.05) is 41.5 Å². The van der Waals surface area contributed by atoms with Crippen LogP contribution in [0.3, 0.4) is 0 Å². The van der Waals surface area contributed by atoms with E-state index in [1.54, 1.807) is 35.1 Å². The van der Waals surface area contributed by atoms with Crippen molar-refractivity contribution in [1.29, 1.82) is 5.26 Å². The molecule has 0 radical (unpaired) electrons. The first-order chi connectivity index (χ1) is 14.9. The summed E-state index contributed by atoms with van der Waals surface area (Å²) in [5.74, 6) is -0.983. The number of anilines is 1. The predicted octanol–water partition coefficient (Wildman–Crippen LogP) is 4.69. The largest absolute Gasteiger partial charge is 0.478 e. The van der Waals surface area contributed by atoms with Gasteiger partial charge >= 0.3 is 5.97 Å². The second-order valence-electron chi connectivity index (χ2n) is 7.54. The standard InChI is InChI=1S/C24H21N5O2/c1-14-8-18(15(2)27-21-7-5-4-6-17(21)24(30)31)20-10-19(16-12-26-29(3)13-16)23(11-25)28-22(20)9-14/h4-10,12-13,15,27H,1-3H3,(H,30,31)/t15-/m0/s1. The monoisotopic (exact) mass is 411 g/mol. The molecule has 0 spiro atoms. The lowest BCUT2D eigenvalue weighted by Crippen LogP contribution is -2.11. The maximum atomic E-state index is 11.6. The van der Waals surface area contributed by atoms with E-state index in [0.29, 0.717) is 16.9 Å². The summed E-state index contributed by atoms with van der Waals surface area (Å²) < 4.78 is 1.68. The number of nitrogens with one attached hydrogen (secondary N) is 1. The van der Waals surface area contributed by atoms with E-state index in [2.05, 4.69) is 27.5 Å². The Labute approximate surface area is 179 Å². The Hall–Kier alpha value is -4.18. The number of para-hydroxylation sites is 1. The summed E-state index contributed by atoms with van der Waals surface area (Å²) in [5, 5.41) is 27.6. The number of benzene rings is 2. The lowest BCUT2D eigenvalue weighted by Gasteiger charge is -2.20. The summed E-state index contributed by atoms with van der Waals surface area (Å²) in [6.07, 6.45) is 3.56. The Morgan fingerprint density at radius 1 is 1.26 bits per heavy atom. The number of aromatic nitrogens is 3. The van der Waals surface area contributed by atoms with Crippen molar-refractivity contribution in [2.24, 2.45) is 7.05 Å². The van der Waals surface area contributed by atoms with Crippen LogP contribution in [0.4, 0.5) is 5.69 Å². The first-order valence-electron chi connectivity index (χ1n) is 9.80. The maximum Gasteiger partial charge on any atom is 0.337 e. The fourth-order valence-corrected chi connectivity index (χ4v) is 3.78. The lowest BCUT2D eigenvalue weighted by atomic mass is 9.96. The van der Waals surface area contributed by atoms with Crippen LogP contribution >= 0.6 is 0 Å². The Bertz CT molecular complexity index is 1350. The third-order valence-corrected chi connectivity index (χ3v) is 5.23. The number of rotatable bonds is 5. The lowest BCUT2D eigenvalue weighted by molar-refractivity contribution is 0.0698. The van der Waals surface area contributed by atoms with Crippen LogP contribution in [0.1, 0.15) is 40.1 Å². The Morgan fingerprint density at radius 3 is 2.71 bits per heavy atom. The van der Waals surface area contributed by atoms with Crippen molar-refractivity contribution in [3.05, 3.63) is 77.2 Å². The van der Waals surface area contributed by atoms with Crippen molar-refractivity contribution in [3.63, 3.8) is 0 Å². The van der Waals surface area contributed by atoms with E-state index in [1.165, 1.54) is 0 Å². The molecule has 0 fully saturated rings. The van der Waals surface area contributed by atoms with Crippen LogP contribution in [0.15, 0.2) is 54.9 Å². The van der Waals surface area contributed by atoms with E-state index in [-0.39, 0.29) is 11.6 Å². The minimum Gasteiger partial charge on any atom is -0.478 e. The van der Waals surface area contributed by atoms with Crippen molar-refractivity contribution in [2.45, 2.75) is 19.9 Å². The fraction of sp³-hybridized carbons (Fsp3) is 0.167. The van der Waals surface area contributed by atoms with Gasteiger partial charge in [0.1, 0.15) is 11.8 Å². The molecule has 0 aliphatic carbocycles. The number of nitriles is 1. The van der Waals surface area contributed by atoms with Crippen LogP contribution in [0.25, 0.3) is 22.0 Å². The molecular formula is C24H21N5O2. The molecule has 1 atom stereocenters. The zero-order valence-corrected chi connectivity index (χ0v) is 17.4. The number of carbonyl (C=O) groups is 1. The fourth-order valence-electron chi connectivity index (χ4n) is 3.78. The average Bonchev–Trinajstić information content (AvgIpc) is 3.18. The third-order valence-electron chi connectivity index (χ3n) is 5.23. The first kappa shape index (κ1) is 20.1. The van der Waals surface area contributed by atoms with Crippen LogP contribution in [0, 0.1) is 18.3 Å². The molecule has 0 amide bonds. The summed E-state index contributed by atoms with van der Waals surface area (Å²) in [6, 6.07) is 14.8. The van der Waals surface area contributed by atoms with E-state index in [0.717, 1.165) is 27.6 Å². The van der Waals surface area contributed by atoms with Gasteiger partial charge in [-0.3, -0.25) is 4.68 Å². The number of carboxylic acids is 1. The van der Waals surface area contributed by atoms with Gasteiger partial charge in [0.05, 0.1) is 17.3 Å². The smallest absolute Gasteiger partial charge is 0.337 e. The normalized spacial score (nSPS) is 11.8. The molecule has 2 heterocycles. The summed E-state index contributed by atoms with van der Waals surface area (Å²) in [4.78, 5) is 16.2. The molecule has 4 rings (SSSR count). The van der Waals surface area contributed by atoms with Crippen LogP contribution in [-0.4, -0.2) is 25.8 Å². The summed E-state index contributed by atoms with van der Waals surface area (Å²) >= 11 is 0. The molecule has 0 aliphatic rings. The number of pyridine rings is 1. The van der Waals surface area contributed by atoms with Gasteiger partial charge in [-0.25, -0.2) is 9.78 Å². The van der Waals surface area contributed by atoms with E-state index >= 15 is 0 Å². The molecule has 0 saturated carbocycles. The van der Waals surface area contributed by atoms with Crippen LogP contribution < -0.4 is 5.32 Å². The quantitative estimate of drug-likeness (QED) is 0.494. The van der Waals surface area contributed by atoms with Crippen molar-refractivity contribution in [1.82, 2.24) is 14.8 Å². The molecule has 4 aromatic rings. The number of aryl methyl sites for hydroxylation is 2. The second kappa shape index (κ2) is 7.92. The third kappa shape index (κ3) is 3.83. The number of fused-ring (bicyclic) bond motifs is 1. The Balaban J connectivity index is 1.86. The molecule has 0 aliphatic heterocycles. The van der Waals surface area contributed by atoms with Crippen molar-refractivity contribution in [3.8, 4) is 17.2 Å². The van der Waals surface area contributed by atoms with Gasteiger partial charge in [-0.15, -0.1) is 0 Å². The van der Waals surface area contributed by atoms with Gasteiger partial charge in [0.15, 0.2) is 0 Å². The Kier molecular flexibility index (Phi) is 5.14. The van der Waals surface area contributed by atoms with Crippen molar-refractivity contribution in [2.75, 3.05) is 5.32 Å². The van der Waals surface area contributed by atoms with Gasteiger partial charge in [-0.1, -0.05) is 18.2 Å². The van der Waals surface area contributed by atoms with Gasteiger partial charge < -0.3 is 10.4 Å². The minimum atomic E-state index is -0.983. The molecule has 0 unspecified atom stereocenters. The van der Waals surface area contributed by atoms with Crippen molar-refractivity contribution >= 4 is 22.6 Å². The highest BCUT2D eigenvalue weighted by molar-refractivity contribution is 5.94. The Morgan fingerprint density at radius 2 is 2.03 bits per heavy atom. The van der Waals surface area contributed by atoms with Gasteiger partial charge in [-0.2, -0.15) is 10.4 Å². The van der Waals surface area contributed by atoms with Gasteiger partial charge in [0.2, 0.25) is 0 Å². The molecule has 2 aromatic heterocycles. The SMILES string of the molecule is Cc1cc([C@H](C)Nc2ccccc2C(=O)O)c2cc(-c3cnn(C)c3)c(C#N)nc2c1. The van der Waals surface area contributed by atoms with Crippen LogP contribution in [0.5, 0.6) is 0 Å². The number of hydrogen-bond acceptors (Lipinski definition) is 5. The van der Waals surface area contributed by atoms with E-state index in [4.69, 9.17) is 0 Å². The summed E-state index contributed by atoms with van der Waals surface area (Å²) in [7, 11) is 1.82. The van der Waals surface area contributed by atoms with Crippen molar-refractivity contribution < 1.29 is 9.90 Å². The molecular weight excluding hydrogens is 390 g/mol. The van der Waals surface area contributed by atoms with Crippen LogP contribution in [0.2, 0.25) is 0 Å². The molecule has 0 saturated heterocycles. The first-order valence-corrected chi connectivity index (χ1v) is 9.80. The molecule has 7 heteroatoms. The van der Waals surface area contributed by atoms with E-state index in [1.807, 2.05) is 39.2 Å². The molecule has 7 nitrogen and oxygen atoms in total. The van der Waals surface area contributed by atoms with Gasteiger partial charge in [0.25, 0.3) is 0 Å². The molecule has 2 N–H and O–H groups in total. The molecule has 2 aromatic carbocycles. The number of hydrogen-bond donors (Lipinski definition) is 2. The number of carboxylic acid groups (broad SMARTS) is 1. The topological polar surface area (TPSA) is 104 Å². The van der Waals surface area contributed by atoms with E-state index < -0.39 is 5.97 Å². The number of nitrogens with zero attached hydrogens (tertiary/aromatic N) is 4. The summed E-state index contributed by atoms with van der Waals surface area (Å²) in [6.45, 7) is 3.96. The van der Waals surface area contributed by atoms with Crippen LogP contribution in [-0.2, 0) is 7.05 Å². The minimum absolute atomic E-state index is 0.195. The van der Waals surface area contributed by atoms with Gasteiger partial charge in [-0.05, 0) is 49.2 Å². The zero-order valence-electron chi connectivity index (χ0n) is 17.4. The predicted molar refractivity (Wildman–Crippen MR) is 119 cm³/mol. The molecule has 154 valence electrons. The maximum absolute atomic E-state index is 11.6. The highest BCUT2D eigenvalue weighted by Gasteiger charge is 2.18. The zero-order chi connectivity index (χ0) is 22.1. The summed E-state index contributed by atoms with van der Waals surface area (Å²) in [5.41, 5.74) is 5.33. The second-order valence-corrected chi connectivity index (χ2v) is 7.54. The average molecular weight is 411 g/mol. The molecule has 0 bridgehead atoms. The highest BCUT2D eigenvalue weighted by Crippen LogP contribution is 2.33. The molecule has 31 heavy (non-hydrogen) atoms. The highest BCUT2D eigenvalue weighted by atomic mass is 16.4. The number of aromatic carboxylic acids is 1.